The van der Waals surface area contributed by atoms with Gasteiger partial charge in [-0.2, -0.15) is 13.2 Å². The Morgan fingerprint density at radius 2 is 2.00 bits per heavy atom. The molecule has 1 aromatic heterocycles. The Bertz CT molecular complexity index is 401. The first-order valence-corrected chi connectivity index (χ1v) is 4.18. The molecule has 1 rings (SSSR count). The minimum Gasteiger partial charge on any atom is -0.299 e. The van der Waals surface area contributed by atoms with Crippen LogP contribution in [0.2, 0.25) is 5.15 Å². The highest BCUT2D eigenvalue weighted by atomic mass is 35.5. The molecule has 2 nitrogen and oxygen atoms in total. The number of nitrogens with zero attached hydrogens (tertiary/aromatic N) is 1. The molecule has 0 spiro atoms. The van der Waals surface area contributed by atoms with Crippen LogP contribution in [0.4, 0.5) is 13.2 Å². The van der Waals surface area contributed by atoms with Crippen LogP contribution >= 0.6 is 11.6 Å². The van der Waals surface area contributed by atoms with E-state index in [9.17, 15) is 18.0 Å². The second-order valence-electron chi connectivity index (χ2n) is 2.60. The Hall–Kier alpha value is -1.36. The summed E-state index contributed by atoms with van der Waals surface area (Å²) in [7, 11) is 0. The molecule has 0 atom stereocenters. The molecule has 15 heavy (non-hydrogen) atoms. The normalized spacial score (nSPS) is 12.0. The average Bonchev–Trinajstić information content (AvgIpc) is 2.12. The summed E-state index contributed by atoms with van der Waals surface area (Å²) in [6.45, 7) is 0. The summed E-state index contributed by atoms with van der Waals surface area (Å²) in [6.07, 6.45) is -1.79. The predicted octanol–water partition coefficient (Wildman–Crippen LogP) is 2.97. The molecule has 0 aliphatic heterocycles. The van der Waals surface area contributed by atoms with Crippen LogP contribution in [0.15, 0.2) is 18.2 Å². The van der Waals surface area contributed by atoms with Crippen molar-refractivity contribution in [1.29, 1.82) is 0 Å². The van der Waals surface area contributed by atoms with Crippen molar-refractivity contribution in [3.05, 3.63) is 34.6 Å². The zero-order chi connectivity index (χ0) is 11.5. The summed E-state index contributed by atoms with van der Waals surface area (Å²) < 4.78 is 36.8. The number of hydrogen-bond donors (Lipinski definition) is 0. The minimum atomic E-state index is -4.55. The molecule has 0 amide bonds. The van der Waals surface area contributed by atoms with E-state index in [-0.39, 0.29) is 10.7 Å². The number of rotatable bonds is 2. The van der Waals surface area contributed by atoms with Crippen molar-refractivity contribution in [3.63, 3.8) is 0 Å². The Morgan fingerprint density at radius 3 is 2.53 bits per heavy atom. The van der Waals surface area contributed by atoms with E-state index in [4.69, 9.17) is 11.6 Å². The highest BCUT2D eigenvalue weighted by Crippen LogP contribution is 2.29. The summed E-state index contributed by atoms with van der Waals surface area (Å²) >= 11 is 5.40. The fourth-order valence-electron chi connectivity index (χ4n) is 0.909. The van der Waals surface area contributed by atoms with Crippen molar-refractivity contribution < 1.29 is 18.0 Å². The maximum Gasteiger partial charge on any atom is 0.433 e. The Kier molecular flexibility index (Phi) is 3.47. The lowest BCUT2D eigenvalue weighted by atomic mass is 10.2. The third kappa shape index (κ3) is 3.36. The maximum absolute atomic E-state index is 12.3. The number of allylic oxidation sites excluding steroid dienone is 1. The van der Waals surface area contributed by atoms with Gasteiger partial charge >= 0.3 is 6.18 Å². The quantitative estimate of drug-likeness (QED) is 0.448. The molecule has 0 N–H and O–H groups in total. The van der Waals surface area contributed by atoms with Gasteiger partial charge in [-0.05, 0) is 23.8 Å². The highest BCUT2D eigenvalue weighted by molar-refractivity contribution is 6.29. The van der Waals surface area contributed by atoms with Gasteiger partial charge in [-0.1, -0.05) is 17.7 Å². The summed E-state index contributed by atoms with van der Waals surface area (Å²) in [4.78, 5) is 13.1. The van der Waals surface area contributed by atoms with Crippen molar-refractivity contribution in [1.82, 2.24) is 4.98 Å². The molecule has 80 valence electrons. The van der Waals surface area contributed by atoms with E-state index in [2.05, 4.69) is 4.98 Å². The first kappa shape index (κ1) is 11.7. The van der Waals surface area contributed by atoms with Crippen molar-refractivity contribution in [2.45, 2.75) is 6.18 Å². The van der Waals surface area contributed by atoms with Crippen LogP contribution in [0.5, 0.6) is 0 Å². The van der Waals surface area contributed by atoms with Gasteiger partial charge in [-0.3, -0.25) is 4.79 Å². The molecule has 6 heteroatoms. The van der Waals surface area contributed by atoms with Gasteiger partial charge in [0.25, 0.3) is 0 Å². The molecule has 0 saturated heterocycles. The van der Waals surface area contributed by atoms with Gasteiger partial charge in [0.05, 0.1) is 0 Å². The lowest BCUT2D eigenvalue weighted by Gasteiger charge is -2.06. The zero-order valence-corrected chi connectivity index (χ0v) is 8.01. The number of halogens is 4. The fraction of sp³-hybridized carbons (Fsp3) is 0.111. The largest absolute Gasteiger partial charge is 0.433 e. The van der Waals surface area contributed by atoms with E-state index < -0.39 is 11.9 Å². The second kappa shape index (κ2) is 4.44. The molecule has 0 radical (unpaired) electrons. The van der Waals surface area contributed by atoms with E-state index in [0.717, 1.165) is 12.1 Å². The van der Waals surface area contributed by atoms with Crippen molar-refractivity contribution >= 4 is 24.0 Å². The first-order valence-electron chi connectivity index (χ1n) is 3.80. The molecule has 0 aliphatic carbocycles. The van der Waals surface area contributed by atoms with Crippen molar-refractivity contribution in [3.8, 4) is 0 Å². The van der Waals surface area contributed by atoms with Gasteiger partial charge in [0.15, 0.2) is 0 Å². The molecular formula is C9H5ClF3NO. The molecule has 0 bridgehead atoms. The third-order valence-corrected chi connectivity index (χ3v) is 1.67. The van der Waals surface area contributed by atoms with Crippen molar-refractivity contribution in [2.24, 2.45) is 0 Å². The van der Waals surface area contributed by atoms with Gasteiger partial charge in [0.1, 0.15) is 17.1 Å². The van der Waals surface area contributed by atoms with Crippen LogP contribution < -0.4 is 0 Å². The molecular weight excluding hydrogens is 231 g/mol. The number of aromatic nitrogens is 1. The van der Waals surface area contributed by atoms with E-state index in [1.54, 1.807) is 0 Å². The number of pyridine rings is 1. The number of carbonyl (C=O) groups excluding carboxylic acids is 1. The van der Waals surface area contributed by atoms with Crippen molar-refractivity contribution in [2.75, 3.05) is 0 Å². The molecule has 0 saturated carbocycles. The lowest BCUT2D eigenvalue weighted by molar-refractivity contribution is -0.141. The zero-order valence-electron chi connectivity index (χ0n) is 7.25. The molecule has 0 aliphatic rings. The SMILES string of the molecule is O=CC=Cc1cc(Cl)nc(C(F)(F)F)c1. The number of alkyl halides is 3. The minimum absolute atomic E-state index is 0.175. The summed E-state index contributed by atoms with van der Waals surface area (Å²) in [5.74, 6) is 0. The smallest absolute Gasteiger partial charge is 0.299 e. The standard InChI is InChI=1S/C9H5ClF3NO/c10-8-5-6(2-1-3-15)4-7(14-8)9(11,12)13/h1-5H. The molecule has 1 aromatic rings. The molecule has 0 fully saturated rings. The predicted molar refractivity (Wildman–Crippen MR) is 49.3 cm³/mol. The Labute approximate surface area is 88.4 Å². The van der Waals surface area contributed by atoms with Crippen LogP contribution in [0.1, 0.15) is 11.3 Å². The topological polar surface area (TPSA) is 30.0 Å². The summed E-state index contributed by atoms with van der Waals surface area (Å²) in [5.41, 5.74) is -0.907. The van der Waals surface area contributed by atoms with Crippen LogP contribution in [-0.2, 0) is 11.0 Å². The lowest BCUT2D eigenvalue weighted by Crippen LogP contribution is -2.08. The first-order chi connectivity index (χ1) is 6.93. The van der Waals surface area contributed by atoms with E-state index >= 15 is 0 Å². The van der Waals surface area contributed by atoms with Gasteiger partial charge in [0.2, 0.25) is 0 Å². The molecule has 0 aromatic carbocycles. The molecule has 0 unspecified atom stereocenters. The number of hydrogen-bond acceptors (Lipinski definition) is 2. The monoisotopic (exact) mass is 235 g/mol. The third-order valence-electron chi connectivity index (χ3n) is 1.47. The highest BCUT2D eigenvalue weighted by Gasteiger charge is 2.32. The summed E-state index contributed by atoms with van der Waals surface area (Å²) in [5, 5.41) is -0.268. The van der Waals surface area contributed by atoms with Gasteiger partial charge in [-0.25, -0.2) is 4.98 Å². The fourth-order valence-corrected chi connectivity index (χ4v) is 1.13. The van der Waals surface area contributed by atoms with E-state index in [0.29, 0.717) is 6.29 Å². The maximum atomic E-state index is 12.3. The van der Waals surface area contributed by atoms with E-state index in [1.165, 1.54) is 12.1 Å². The van der Waals surface area contributed by atoms with E-state index in [1.807, 2.05) is 0 Å². The number of carbonyl (C=O) groups is 1. The van der Waals surface area contributed by atoms with Crippen LogP contribution in [-0.4, -0.2) is 11.3 Å². The Balaban J connectivity index is 3.16. The van der Waals surface area contributed by atoms with Crippen LogP contribution in [0.3, 0.4) is 0 Å². The van der Waals surface area contributed by atoms with Gasteiger partial charge in [0, 0.05) is 0 Å². The Morgan fingerprint density at radius 1 is 1.33 bits per heavy atom. The number of aldehydes is 1. The van der Waals surface area contributed by atoms with Crippen LogP contribution in [0.25, 0.3) is 6.08 Å². The molecule has 1 heterocycles. The summed E-state index contributed by atoms with van der Waals surface area (Å²) in [6, 6.07) is 2.04. The van der Waals surface area contributed by atoms with Gasteiger partial charge in [-0.15, -0.1) is 0 Å². The van der Waals surface area contributed by atoms with Crippen LogP contribution in [0, 0.1) is 0 Å². The average molecular weight is 236 g/mol. The van der Waals surface area contributed by atoms with Gasteiger partial charge < -0.3 is 0 Å². The second-order valence-corrected chi connectivity index (χ2v) is 2.99.